The van der Waals surface area contributed by atoms with E-state index in [-0.39, 0.29) is 5.76 Å². The highest BCUT2D eigenvalue weighted by molar-refractivity contribution is 5.95. The van der Waals surface area contributed by atoms with Gasteiger partial charge in [0.1, 0.15) is 5.60 Å². The lowest BCUT2D eigenvalue weighted by Gasteiger charge is -2.19. The van der Waals surface area contributed by atoms with Crippen molar-refractivity contribution in [2.24, 2.45) is 7.05 Å². The number of rotatable bonds is 2. The predicted octanol–water partition coefficient (Wildman–Crippen LogP) is 3.01. The molecule has 1 aliphatic rings. The van der Waals surface area contributed by atoms with Crippen molar-refractivity contribution < 1.29 is 14.4 Å². The minimum absolute atomic E-state index is 0.174. The molecule has 2 aromatic rings. The number of fused-ring (bicyclic) bond motifs is 1. The lowest BCUT2D eigenvalue weighted by Crippen LogP contribution is -2.29. The van der Waals surface area contributed by atoms with Gasteiger partial charge in [0.05, 0.1) is 11.4 Å². The molecule has 0 fully saturated rings. The van der Waals surface area contributed by atoms with E-state index in [1.54, 1.807) is 5.01 Å². The van der Waals surface area contributed by atoms with E-state index in [0.29, 0.717) is 5.70 Å². The van der Waals surface area contributed by atoms with Gasteiger partial charge in [0.2, 0.25) is 0 Å². The zero-order valence-corrected chi connectivity index (χ0v) is 14.0. The molecule has 6 nitrogen and oxygen atoms in total. The Hall–Kier alpha value is -2.47. The first-order valence-corrected chi connectivity index (χ1v) is 7.49. The van der Waals surface area contributed by atoms with Crippen LogP contribution in [0.3, 0.4) is 0 Å². The van der Waals surface area contributed by atoms with Crippen molar-refractivity contribution in [1.29, 1.82) is 0 Å². The number of hydrazine groups is 1. The first-order chi connectivity index (χ1) is 10.8. The zero-order valence-electron chi connectivity index (χ0n) is 14.0. The quantitative estimate of drug-likeness (QED) is 0.863. The summed E-state index contributed by atoms with van der Waals surface area (Å²) in [6.45, 7) is 7.30. The van der Waals surface area contributed by atoms with E-state index in [9.17, 15) is 4.79 Å². The van der Waals surface area contributed by atoms with Crippen molar-refractivity contribution in [2.75, 3.05) is 5.01 Å². The number of benzene rings is 1. The van der Waals surface area contributed by atoms with Gasteiger partial charge in [0.15, 0.2) is 0 Å². The molecule has 0 amide bonds. The number of carbonyl (C=O) groups is 1. The predicted molar refractivity (Wildman–Crippen MR) is 88.2 cm³/mol. The number of carbonyl (C=O) groups excluding carboxylic acids is 1. The maximum Gasteiger partial charge on any atom is 0.378 e. The van der Waals surface area contributed by atoms with Crippen molar-refractivity contribution in [3.05, 3.63) is 41.9 Å². The molecule has 23 heavy (non-hydrogen) atoms. The molecule has 0 atom stereocenters. The third-order valence-corrected chi connectivity index (χ3v) is 3.60. The summed E-state index contributed by atoms with van der Waals surface area (Å²) in [6, 6.07) is 8.06. The number of aromatic nitrogens is 1. The SMILES string of the molecule is CC1=C(C(=O)OC(C)(C)C)ONN1c1cn(C)c2ccccc12. The topological polar surface area (TPSA) is 55.7 Å². The maximum atomic E-state index is 12.2. The highest BCUT2D eigenvalue weighted by atomic mass is 16.7. The Balaban J connectivity index is 1.97. The molecule has 1 aliphatic heterocycles. The van der Waals surface area contributed by atoms with Crippen molar-refractivity contribution in [2.45, 2.75) is 33.3 Å². The summed E-state index contributed by atoms with van der Waals surface area (Å²) in [7, 11) is 1.98. The van der Waals surface area contributed by atoms with Crippen LogP contribution in [0.2, 0.25) is 0 Å². The molecule has 6 heteroatoms. The number of aryl methyl sites for hydroxylation is 1. The highest BCUT2D eigenvalue weighted by Gasteiger charge is 2.32. The molecule has 1 N–H and O–H groups in total. The smallest absolute Gasteiger partial charge is 0.378 e. The third-order valence-electron chi connectivity index (χ3n) is 3.60. The van der Waals surface area contributed by atoms with Crippen LogP contribution < -0.4 is 10.6 Å². The fraction of sp³-hybridized carbons (Fsp3) is 0.353. The van der Waals surface area contributed by atoms with E-state index < -0.39 is 11.6 Å². The van der Waals surface area contributed by atoms with E-state index in [4.69, 9.17) is 9.57 Å². The number of ether oxygens (including phenoxy) is 1. The number of nitrogens with zero attached hydrogens (tertiary/aromatic N) is 2. The first kappa shape index (κ1) is 15.4. The number of anilines is 1. The Labute approximate surface area is 135 Å². The summed E-state index contributed by atoms with van der Waals surface area (Å²) in [5, 5.41) is 2.82. The number of hydrogen-bond donors (Lipinski definition) is 1. The van der Waals surface area contributed by atoms with E-state index in [1.807, 2.05) is 69.8 Å². The minimum atomic E-state index is -0.569. The molecule has 1 aromatic heterocycles. The fourth-order valence-corrected chi connectivity index (χ4v) is 2.58. The number of hydrogen-bond acceptors (Lipinski definition) is 5. The third kappa shape index (κ3) is 2.77. The molecule has 0 aliphatic carbocycles. The van der Waals surface area contributed by atoms with Gasteiger partial charge in [0.25, 0.3) is 5.76 Å². The zero-order chi connectivity index (χ0) is 16.8. The number of para-hydroxylation sites is 1. The summed E-state index contributed by atoms with van der Waals surface area (Å²) in [5.74, 6) is -0.307. The average molecular weight is 315 g/mol. The van der Waals surface area contributed by atoms with Gasteiger partial charge in [-0.2, -0.15) is 0 Å². The molecule has 122 valence electrons. The van der Waals surface area contributed by atoms with Crippen LogP contribution in [0.5, 0.6) is 0 Å². The summed E-state index contributed by atoms with van der Waals surface area (Å²) in [6.07, 6.45) is 1.99. The summed E-state index contributed by atoms with van der Waals surface area (Å²) < 4.78 is 7.41. The number of esters is 1. The highest BCUT2D eigenvalue weighted by Crippen LogP contribution is 2.33. The van der Waals surface area contributed by atoms with Crippen molar-refractivity contribution >= 4 is 22.6 Å². The van der Waals surface area contributed by atoms with Crippen molar-refractivity contribution in [3.63, 3.8) is 0 Å². The molecule has 2 heterocycles. The molecule has 3 rings (SSSR count). The van der Waals surface area contributed by atoms with E-state index in [0.717, 1.165) is 16.6 Å². The lowest BCUT2D eigenvalue weighted by molar-refractivity contribution is -0.154. The van der Waals surface area contributed by atoms with Crippen LogP contribution in [-0.2, 0) is 21.4 Å². The van der Waals surface area contributed by atoms with Crippen LogP contribution >= 0.6 is 0 Å². The maximum absolute atomic E-state index is 12.2. The second-order valence-corrected chi connectivity index (χ2v) is 6.59. The van der Waals surface area contributed by atoms with Crippen LogP contribution in [-0.4, -0.2) is 16.1 Å². The largest absolute Gasteiger partial charge is 0.454 e. The average Bonchev–Trinajstić information content (AvgIpc) is 2.99. The van der Waals surface area contributed by atoms with Gasteiger partial charge in [0, 0.05) is 24.1 Å². The minimum Gasteiger partial charge on any atom is -0.454 e. The molecule has 0 saturated heterocycles. The summed E-state index contributed by atoms with van der Waals surface area (Å²) in [4.78, 5) is 17.6. The van der Waals surface area contributed by atoms with Crippen LogP contribution in [0, 0.1) is 0 Å². The van der Waals surface area contributed by atoms with Gasteiger partial charge in [-0.3, -0.25) is 0 Å². The van der Waals surface area contributed by atoms with Gasteiger partial charge in [-0.15, -0.1) is 0 Å². The van der Waals surface area contributed by atoms with Crippen LogP contribution in [0.4, 0.5) is 5.69 Å². The Kier molecular flexibility index (Phi) is 3.56. The van der Waals surface area contributed by atoms with Crippen LogP contribution in [0.15, 0.2) is 41.9 Å². The Morgan fingerprint density at radius 2 is 1.96 bits per heavy atom. The summed E-state index contributed by atoms with van der Waals surface area (Å²) >= 11 is 0. The second-order valence-electron chi connectivity index (χ2n) is 6.59. The number of allylic oxidation sites excluding steroid dienone is 1. The Bertz CT molecular complexity index is 799. The molecule has 0 spiro atoms. The van der Waals surface area contributed by atoms with E-state index in [2.05, 4.69) is 5.59 Å². The van der Waals surface area contributed by atoms with E-state index >= 15 is 0 Å². The molecule has 0 unspecified atom stereocenters. The lowest BCUT2D eigenvalue weighted by atomic mass is 10.2. The van der Waals surface area contributed by atoms with Crippen LogP contribution in [0.25, 0.3) is 10.9 Å². The molecule has 0 saturated carbocycles. The number of nitrogens with one attached hydrogen (secondary N) is 1. The van der Waals surface area contributed by atoms with Crippen molar-refractivity contribution in [1.82, 2.24) is 10.2 Å². The molecule has 1 aromatic carbocycles. The Morgan fingerprint density at radius 3 is 2.65 bits per heavy atom. The van der Waals surface area contributed by atoms with Gasteiger partial charge >= 0.3 is 5.97 Å². The Morgan fingerprint density at radius 1 is 1.26 bits per heavy atom. The normalized spacial score (nSPS) is 15.3. The van der Waals surface area contributed by atoms with Crippen LogP contribution in [0.1, 0.15) is 27.7 Å². The molecule has 0 radical (unpaired) electrons. The van der Waals surface area contributed by atoms with Gasteiger partial charge in [-0.1, -0.05) is 23.8 Å². The van der Waals surface area contributed by atoms with Crippen molar-refractivity contribution in [3.8, 4) is 0 Å². The molecule has 0 bridgehead atoms. The van der Waals surface area contributed by atoms with E-state index in [1.165, 1.54) is 0 Å². The summed E-state index contributed by atoms with van der Waals surface area (Å²) in [5.41, 5.74) is 4.90. The molecular weight excluding hydrogens is 294 g/mol. The first-order valence-electron chi connectivity index (χ1n) is 7.49. The standard InChI is InChI=1S/C17H21N3O3/c1-11-15(16(21)22-17(2,3)4)23-18-20(11)14-10-19(5)13-9-7-6-8-12(13)14/h6-10,18H,1-5H3. The second kappa shape index (κ2) is 5.31. The van der Waals surface area contributed by atoms with Gasteiger partial charge in [-0.05, 0) is 33.8 Å². The molecular formula is C17H21N3O3. The monoisotopic (exact) mass is 315 g/mol. The fourth-order valence-electron chi connectivity index (χ4n) is 2.58. The van der Waals surface area contributed by atoms with Gasteiger partial charge in [-0.25, -0.2) is 9.80 Å². The van der Waals surface area contributed by atoms with Gasteiger partial charge < -0.3 is 14.1 Å².